The highest BCUT2D eigenvalue weighted by Gasteiger charge is 2.34. The number of nitrogens with one attached hydrogen (secondary N) is 2. The summed E-state index contributed by atoms with van der Waals surface area (Å²) in [6, 6.07) is 21.1. The number of ether oxygens (including phenoxy) is 2. The van der Waals surface area contributed by atoms with E-state index in [4.69, 9.17) is 9.47 Å². The third kappa shape index (κ3) is 4.88. The first-order valence-electron chi connectivity index (χ1n) is 15.6. The molecule has 8 heteroatoms. The van der Waals surface area contributed by atoms with E-state index in [0.717, 1.165) is 53.4 Å². The molecule has 3 N–H and O–H groups in total. The first-order valence-corrected chi connectivity index (χ1v) is 15.6. The molecule has 44 heavy (non-hydrogen) atoms. The van der Waals surface area contributed by atoms with Gasteiger partial charge in [-0.3, -0.25) is 9.59 Å². The van der Waals surface area contributed by atoms with Crippen molar-refractivity contribution in [3.63, 3.8) is 0 Å². The van der Waals surface area contributed by atoms with E-state index in [1.807, 2.05) is 60.7 Å². The van der Waals surface area contributed by atoms with Crippen LogP contribution in [0.2, 0.25) is 0 Å². The molecule has 1 amide bonds. The van der Waals surface area contributed by atoms with E-state index >= 15 is 0 Å². The van der Waals surface area contributed by atoms with Crippen molar-refractivity contribution in [2.75, 3.05) is 19.8 Å². The van der Waals surface area contributed by atoms with Gasteiger partial charge in [0.1, 0.15) is 19.0 Å². The summed E-state index contributed by atoms with van der Waals surface area (Å²) in [5.74, 6) is 0.599. The number of hydrogen-bond acceptors (Lipinski definition) is 5. The lowest BCUT2D eigenvalue weighted by Crippen LogP contribution is -2.33. The number of carbonyl (C=O) groups excluding carboxylic acids is 1. The first kappa shape index (κ1) is 28.1. The summed E-state index contributed by atoms with van der Waals surface area (Å²) in [6.07, 6.45) is 5.83. The van der Waals surface area contributed by atoms with Gasteiger partial charge in [-0.05, 0) is 49.1 Å². The molecule has 0 radical (unpaired) electrons. The van der Waals surface area contributed by atoms with E-state index in [0.29, 0.717) is 48.6 Å². The van der Waals surface area contributed by atoms with Gasteiger partial charge in [0.15, 0.2) is 11.5 Å². The number of aromatic amines is 1. The van der Waals surface area contributed by atoms with E-state index in [1.165, 1.54) is 6.42 Å². The number of carbonyl (C=O) groups is 1. The van der Waals surface area contributed by atoms with Crippen LogP contribution in [0.3, 0.4) is 0 Å². The van der Waals surface area contributed by atoms with Gasteiger partial charge >= 0.3 is 0 Å². The quantitative estimate of drug-likeness (QED) is 0.218. The van der Waals surface area contributed by atoms with E-state index in [9.17, 15) is 14.7 Å². The van der Waals surface area contributed by atoms with Crippen molar-refractivity contribution in [2.24, 2.45) is 13.0 Å². The van der Waals surface area contributed by atoms with Crippen LogP contribution in [0.4, 0.5) is 0 Å². The number of benzene rings is 3. The molecule has 8 nitrogen and oxygen atoms in total. The smallest absolute Gasteiger partial charge is 0.258 e. The first-order chi connectivity index (χ1) is 21.5. The molecule has 3 aromatic carbocycles. The summed E-state index contributed by atoms with van der Waals surface area (Å²) in [5, 5.41) is 16.7. The third-order valence-corrected chi connectivity index (χ3v) is 9.29. The molecule has 0 spiro atoms. The molecular formula is C36H37N3O5. The number of aryl methyl sites for hydroxylation is 1. The third-order valence-electron chi connectivity index (χ3n) is 9.29. The number of aromatic hydroxyl groups is 1. The number of amides is 1. The Balaban J connectivity index is 1.41. The molecule has 1 fully saturated rings. The number of aromatic nitrogens is 2. The summed E-state index contributed by atoms with van der Waals surface area (Å²) in [4.78, 5) is 30.9. The lowest BCUT2D eigenvalue weighted by Gasteiger charge is -2.27. The van der Waals surface area contributed by atoms with Gasteiger partial charge in [-0.1, -0.05) is 61.7 Å². The molecule has 2 aromatic heterocycles. The Morgan fingerprint density at radius 2 is 1.73 bits per heavy atom. The van der Waals surface area contributed by atoms with E-state index in [2.05, 4.69) is 16.4 Å². The molecule has 1 atom stereocenters. The number of H-pyrrole nitrogens is 1. The van der Waals surface area contributed by atoms with Crippen molar-refractivity contribution in [1.29, 1.82) is 0 Å². The van der Waals surface area contributed by atoms with Crippen molar-refractivity contribution in [1.82, 2.24) is 14.9 Å². The predicted octanol–water partition coefficient (Wildman–Crippen LogP) is 5.92. The molecule has 7 rings (SSSR count). The Hall–Kier alpha value is -4.72. The van der Waals surface area contributed by atoms with Crippen molar-refractivity contribution in [2.45, 2.75) is 44.4 Å². The maximum atomic E-state index is 14.2. The Labute approximate surface area is 255 Å². The van der Waals surface area contributed by atoms with Crippen molar-refractivity contribution in [3.8, 4) is 17.2 Å². The monoisotopic (exact) mass is 591 g/mol. The number of para-hydroxylation sites is 3. The highest BCUT2D eigenvalue weighted by molar-refractivity contribution is 5.89. The molecule has 1 unspecified atom stereocenters. The molecule has 3 heterocycles. The van der Waals surface area contributed by atoms with Crippen LogP contribution in [-0.4, -0.2) is 40.3 Å². The van der Waals surface area contributed by atoms with Gasteiger partial charge in [0, 0.05) is 47.1 Å². The van der Waals surface area contributed by atoms with Gasteiger partial charge in [-0.15, -0.1) is 0 Å². The van der Waals surface area contributed by atoms with Crippen LogP contribution in [0, 0.1) is 5.92 Å². The second-order valence-corrected chi connectivity index (χ2v) is 11.9. The summed E-state index contributed by atoms with van der Waals surface area (Å²) in [6.45, 7) is 1.28. The fourth-order valence-electron chi connectivity index (χ4n) is 7.10. The van der Waals surface area contributed by atoms with Gasteiger partial charge in [-0.2, -0.15) is 0 Å². The SMILES string of the molecule is Cn1c(=O)c(C(c2cccc3c2OCCO3)c2[nH]c3ccccc3c2CCNC(=O)C2CCCCC2)c(O)c2ccccc21. The second kappa shape index (κ2) is 11.8. The van der Waals surface area contributed by atoms with Gasteiger partial charge in [-0.25, -0.2) is 0 Å². The standard InChI is InChI=1S/C36H37N3O5/c1-39-28-16-8-6-13-25(28)33(40)31(36(39)42)30(26-14-9-17-29-34(26)44-21-20-43-29)32-24(23-12-5-7-15-27(23)38-32)18-19-37-35(41)22-10-3-2-4-11-22/h5-9,12-17,22,30,38,40H,2-4,10-11,18-21H2,1H3,(H,37,41). The molecule has 2 aliphatic rings. The Bertz CT molecular complexity index is 1920. The van der Waals surface area contributed by atoms with Crippen molar-refractivity contribution in [3.05, 3.63) is 99.5 Å². The number of pyridine rings is 1. The van der Waals surface area contributed by atoms with Gasteiger partial charge in [0.25, 0.3) is 5.56 Å². The highest BCUT2D eigenvalue weighted by atomic mass is 16.6. The van der Waals surface area contributed by atoms with E-state index in [-0.39, 0.29) is 28.7 Å². The Kier molecular flexibility index (Phi) is 7.50. The van der Waals surface area contributed by atoms with Crippen LogP contribution in [0.25, 0.3) is 21.8 Å². The van der Waals surface area contributed by atoms with Crippen LogP contribution in [0.1, 0.15) is 60.4 Å². The van der Waals surface area contributed by atoms with E-state index in [1.54, 1.807) is 11.6 Å². The molecule has 1 saturated carbocycles. The number of fused-ring (bicyclic) bond motifs is 3. The minimum Gasteiger partial charge on any atom is -0.507 e. The molecule has 226 valence electrons. The zero-order valence-corrected chi connectivity index (χ0v) is 24.9. The van der Waals surface area contributed by atoms with Crippen LogP contribution < -0.4 is 20.3 Å². The number of hydrogen-bond donors (Lipinski definition) is 3. The maximum Gasteiger partial charge on any atom is 0.258 e. The summed E-state index contributed by atoms with van der Waals surface area (Å²) >= 11 is 0. The second-order valence-electron chi connectivity index (χ2n) is 11.9. The van der Waals surface area contributed by atoms with Gasteiger partial charge < -0.3 is 29.4 Å². The molecule has 0 bridgehead atoms. The Morgan fingerprint density at radius 1 is 0.977 bits per heavy atom. The van der Waals surface area contributed by atoms with Gasteiger partial charge in [0.05, 0.1) is 17.0 Å². The summed E-state index contributed by atoms with van der Waals surface area (Å²) < 4.78 is 13.7. The topological polar surface area (TPSA) is 106 Å². The molecule has 1 aliphatic carbocycles. The average Bonchev–Trinajstić information content (AvgIpc) is 3.43. The fraction of sp³-hybridized carbons (Fsp3) is 0.333. The number of nitrogens with zero attached hydrogens (tertiary/aromatic N) is 1. The lowest BCUT2D eigenvalue weighted by atomic mass is 9.84. The van der Waals surface area contributed by atoms with Crippen LogP contribution >= 0.6 is 0 Å². The Morgan fingerprint density at radius 3 is 2.57 bits per heavy atom. The van der Waals surface area contributed by atoms with Crippen molar-refractivity contribution >= 4 is 27.7 Å². The lowest BCUT2D eigenvalue weighted by molar-refractivity contribution is -0.125. The summed E-state index contributed by atoms with van der Waals surface area (Å²) in [7, 11) is 1.73. The minimum atomic E-state index is -0.702. The maximum absolute atomic E-state index is 14.2. The minimum absolute atomic E-state index is 0.0572. The summed E-state index contributed by atoms with van der Waals surface area (Å²) in [5.41, 5.74) is 4.02. The van der Waals surface area contributed by atoms with Crippen LogP contribution in [0.5, 0.6) is 17.2 Å². The molecule has 1 aliphatic heterocycles. The zero-order chi connectivity index (χ0) is 30.2. The van der Waals surface area contributed by atoms with E-state index < -0.39 is 5.92 Å². The highest BCUT2D eigenvalue weighted by Crippen LogP contribution is 2.46. The molecule has 5 aromatic rings. The zero-order valence-electron chi connectivity index (χ0n) is 24.9. The van der Waals surface area contributed by atoms with Crippen LogP contribution in [0.15, 0.2) is 71.5 Å². The normalized spacial score (nSPS) is 15.8. The fourth-order valence-corrected chi connectivity index (χ4v) is 7.10. The average molecular weight is 592 g/mol. The van der Waals surface area contributed by atoms with Crippen LogP contribution in [-0.2, 0) is 18.3 Å². The van der Waals surface area contributed by atoms with Gasteiger partial charge in [0.2, 0.25) is 5.91 Å². The van der Waals surface area contributed by atoms with Crippen molar-refractivity contribution < 1.29 is 19.4 Å². The molecular weight excluding hydrogens is 554 g/mol. The predicted molar refractivity (Wildman–Crippen MR) is 171 cm³/mol. The molecule has 0 saturated heterocycles. The largest absolute Gasteiger partial charge is 0.507 e. The number of rotatable bonds is 7.